The molecule has 0 saturated carbocycles. The zero-order valence-corrected chi connectivity index (χ0v) is 10.9. The van der Waals surface area contributed by atoms with E-state index in [2.05, 4.69) is 9.97 Å². The minimum absolute atomic E-state index is 0.268. The highest BCUT2D eigenvalue weighted by atomic mass is 19.1. The predicted molar refractivity (Wildman–Crippen MR) is 74.4 cm³/mol. The summed E-state index contributed by atoms with van der Waals surface area (Å²) in [7, 11) is 1.91. The normalized spacial score (nSPS) is 10.5. The van der Waals surface area contributed by atoms with Gasteiger partial charge in [0.1, 0.15) is 5.82 Å². The van der Waals surface area contributed by atoms with E-state index in [0.717, 1.165) is 13.0 Å². The van der Waals surface area contributed by atoms with Crippen LogP contribution in [0.25, 0.3) is 11.1 Å². The fraction of sp³-hybridized carbons (Fsp3) is 0.286. The first-order valence-electron chi connectivity index (χ1n) is 6.20. The van der Waals surface area contributed by atoms with Gasteiger partial charge in [-0.05, 0) is 19.0 Å². The summed E-state index contributed by atoms with van der Waals surface area (Å²) in [5, 5.41) is 0. The van der Waals surface area contributed by atoms with Crippen molar-refractivity contribution in [3.63, 3.8) is 0 Å². The summed E-state index contributed by atoms with van der Waals surface area (Å²) in [6, 6.07) is 6.59. The number of anilines is 1. The number of rotatable bonds is 5. The van der Waals surface area contributed by atoms with Gasteiger partial charge in [-0.2, -0.15) is 0 Å². The van der Waals surface area contributed by atoms with Crippen molar-refractivity contribution in [2.24, 2.45) is 5.73 Å². The fourth-order valence-electron chi connectivity index (χ4n) is 1.78. The zero-order valence-electron chi connectivity index (χ0n) is 10.9. The van der Waals surface area contributed by atoms with E-state index in [1.807, 2.05) is 11.9 Å². The van der Waals surface area contributed by atoms with Crippen LogP contribution in [0.1, 0.15) is 6.42 Å². The van der Waals surface area contributed by atoms with E-state index in [0.29, 0.717) is 23.6 Å². The standard InChI is InChI=1S/C14H17FN4/c1-19(8-4-7-16)14-17-9-11(10-18-14)12-5-2-3-6-13(12)15/h2-3,5-6,9-10H,4,7-8,16H2,1H3. The van der Waals surface area contributed by atoms with Crippen LogP contribution in [0.4, 0.5) is 10.3 Å². The highest BCUT2D eigenvalue weighted by Gasteiger charge is 2.07. The average Bonchev–Trinajstić information content (AvgIpc) is 2.45. The van der Waals surface area contributed by atoms with Gasteiger partial charge in [0, 0.05) is 37.1 Å². The van der Waals surface area contributed by atoms with Crippen LogP contribution < -0.4 is 10.6 Å². The van der Waals surface area contributed by atoms with Crippen molar-refractivity contribution in [2.75, 3.05) is 25.0 Å². The van der Waals surface area contributed by atoms with Crippen molar-refractivity contribution in [1.29, 1.82) is 0 Å². The molecule has 1 heterocycles. The molecule has 19 heavy (non-hydrogen) atoms. The number of benzene rings is 1. The molecule has 0 atom stereocenters. The van der Waals surface area contributed by atoms with Gasteiger partial charge in [0.25, 0.3) is 0 Å². The molecule has 0 fully saturated rings. The lowest BCUT2D eigenvalue weighted by Gasteiger charge is -2.16. The van der Waals surface area contributed by atoms with Gasteiger partial charge in [-0.1, -0.05) is 18.2 Å². The number of halogens is 1. The first-order valence-corrected chi connectivity index (χ1v) is 6.20. The van der Waals surface area contributed by atoms with E-state index in [1.165, 1.54) is 6.07 Å². The second kappa shape index (κ2) is 6.24. The first-order chi connectivity index (χ1) is 9.22. The smallest absolute Gasteiger partial charge is 0.225 e. The first kappa shape index (κ1) is 13.4. The third kappa shape index (κ3) is 3.26. The Hall–Kier alpha value is -2.01. The Labute approximate surface area is 112 Å². The Morgan fingerprint density at radius 3 is 2.53 bits per heavy atom. The largest absolute Gasteiger partial charge is 0.344 e. The molecule has 0 aliphatic heterocycles. The van der Waals surface area contributed by atoms with Crippen molar-refractivity contribution in [2.45, 2.75) is 6.42 Å². The average molecular weight is 260 g/mol. The van der Waals surface area contributed by atoms with Crippen molar-refractivity contribution in [3.8, 4) is 11.1 Å². The van der Waals surface area contributed by atoms with E-state index in [1.54, 1.807) is 30.6 Å². The number of hydrogen-bond donors (Lipinski definition) is 1. The predicted octanol–water partition coefficient (Wildman–Crippen LogP) is 2.07. The van der Waals surface area contributed by atoms with Crippen LogP contribution >= 0.6 is 0 Å². The molecule has 0 bridgehead atoms. The van der Waals surface area contributed by atoms with E-state index in [-0.39, 0.29) is 5.82 Å². The molecule has 1 aromatic carbocycles. The second-order valence-electron chi connectivity index (χ2n) is 4.32. The van der Waals surface area contributed by atoms with Crippen molar-refractivity contribution in [3.05, 3.63) is 42.5 Å². The molecule has 0 unspecified atom stereocenters. The summed E-state index contributed by atoms with van der Waals surface area (Å²) in [6.45, 7) is 1.44. The molecule has 0 amide bonds. The highest BCUT2D eigenvalue weighted by molar-refractivity contribution is 5.62. The van der Waals surface area contributed by atoms with Crippen LogP contribution in [-0.2, 0) is 0 Å². The number of nitrogens with zero attached hydrogens (tertiary/aromatic N) is 3. The van der Waals surface area contributed by atoms with Gasteiger partial charge in [0.2, 0.25) is 5.95 Å². The van der Waals surface area contributed by atoms with Crippen molar-refractivity contribution >= 4 is 5.95 Å². The Bertz CT molecular complexity index is 527. The van der Waals surface area contributed by atoms with Gasteiger partial charge < -0.3 is 10.6 Å². The molecule has 0 spiro atoms. The fourth-order valence-corrected chi connectivity index (χ4v) is 1.78. The van der Waals surface area contributed by atoms with Gasteiger partial charge >= 0.3 is 0 Å². The van der Waals surface area contributed by atoms with Crippen LogP contribution in [-0.4, -0.2) is 30.1 Å². The Morgan fingerprint density at radius 2 is 1.89 bits per heavy atom. The van der Waals surface area contributed by atoms with Crippen molar-refractivity contribution < 1.29 is 4.39 Å². The summed E-state index contributed by atoms with van der Waals surface area (Å²) in [5.41, 5.74) is 6.65. The number of aromatic nitrogens is 2. The van der Waals surface area contributed by atoms with Crippen LogP contribution in [0, 0.1) is 5.82 Å². The van der Waals surface area contributed by atoms with E-state index < -0.39 is 0 Å². The lowest BCUT2D eigenvalue weighted by molar-refractivity contribution is 0.631. The third-order valence-corrected chi connectivity index (χ3v) is 2.86. The summed E-state index contributed by atoms with van der Waals surface area (Å²) in [6.07, 6.45) is 4.16. The van der Waals surface area contributed by atoms with Gasteiger partial charge in [-0.25, -0.2) is 14.4 Å². The van der Waals surface area contributed by atoms with Gasteiger partial charge in [0.05, 0.1) is 0 Å². The summed E-state index contributed by atoms with van der Waals surface area (Å²) in [5.74, 6) is 0.351. The van der Waals surface area contributed by atoms with Crippen LogP contribution in [0.3, 0.4) is 0 Å². The molecule has 2 rings (SSSR count). The summed E-state index contributed by atoms with van der Waals surface area (Å²) < 4.78 is 13.6. The number of hydrogen-bond acceptors (Lipinski definition) is 4. The van der Waals surface area contributed by atoms with Gasteiger partial charge in [-0.3, -0.25) is 0 Å². The lowest BCUT2D eigenvalue weighted by atomic mass is 10.1. The molecule has 2 N–H and O–H groups in total. The lowest BCUT2D eigenvalue weighted by Crippen LogP contribution is -2.22. The summed E-state index contributed by atoms with van der Waals surface area (Å²) in [4.78, 5) is 10.4. The van der Waals surface area contributed by atoms with Gasteiger partial charge in [-0.15, -0.1) is 0 Å². The molecule has 2 aromatic rings. The van der Waals surface area contributed by atoms with Crippen LogP contribution in [0.2, 0.25) is 0 Å². The molecule has 0 saturated heterocycles. The van der Waals surface area contributed by atoms with E-state index >= 15 is 0 Å². The van der Waals surface area contributed by atoms with Crippen LogP contribution in [0.15, 0.2) is 36.7 Å². The summed E-state index contributed by atoms with van der Waals surface area (Å²) >= 11 is 0. The number of nitrogens with two attached hydrogens (primary N) is 1. The van der Waals surface area contributed by atoms with E-state index in [4.69, 9.17) is 5.73 Å². The van der Waals surface area contributed by atoms with Crippen molar-refractivity contribution in [1.82, 2.24) is 9.97 Å². The maximum atomic E-state index is 13.6. The Morgan fingerprint density at radius 1 is 1.21 bits per heavy atom. The molecule has 0 aliphatic carbocycles. The van der Waals surface area contributed by atoms with Crippen LogP contribution in [0.5, 0.6) is 0 Å². The SMILES string of the molecule is CN(CCCN)c1ncc(-c2ccccc2F)cn1. The molecule has 100 valence electrons. The minimum Gasteiger partial charge on any atom is -0.344 e. The molecule has 0 radical (unpaired) electrons. The second-order valence-corrected chi connectivity index (χ2v) is 4.32. The van der Waals surface area contributed by atoms with Gasteiger partial charge in [0.15, 0.2) is 0 Å². The maximum absolute atomic E-state index is 13.6. The monoisotopic (exact) mass is 260 g/mol. The quantitative estimate of drug-likeness (QED) is 0.894. The topological polar surface area (TPSA) is 55.0 Å². The molecule has 5 heteroatoms. The molecular weight excluding hydrogens is 243 g/mol. The zero-order chi connectivity index (χ0) is 13.7. The Balaban J connectivity index is 2.17. The maximum Gasteiger partial charge on any atom is 0.225 e. The minimum atomic E-state index is -0.268. The third-order valence-electron chi connectivity index (χ3n) is 2.86. The van der Waals surface area contributed by atoms with E-state index in [9.17, 15) is 4.39 Å². The molecule has 1 aromatic heterocycles. The Kier molecular flexibility index (Phi) is 4.41. The molecule has 0 aliphatic rings. The highest BCUT2D eigenvalue weighted by Crippen LogP contribution is 2.21. The molecule has 4 nitrogen and oxygen atoms in total. The molecular formula is C14H17FN4.